The number of H-pyrrole nitrogens is 1. The molecule has 3 aromatic rings. The number of amides is 1. The van der Waals surface area contributed by atoms with Crippen molar-refractivity contribution >= 4 is 51.7 Å². The summed E-state index contributed by atoms with van der Waals surface area (Å²) < 4.78 is 5.24. The van der Waals surface area contributed by atoms with E-state index in [0.717, 1.165) is 0 Å². The van der Waals surface area contributed by atoms with Crippen LogP contribution in [-0.4, -0.2) is 22.5 Å². The van der Waals surface area contributed by atoms with E-state index in [0.29, 0.717) is 10.5 Å². The molecule has 0 aliphatic heterocycles. The third kappa shape index (κ3) is 4.78. The number of aromatic nitrogens is 1. The van der Waals surface area contributed by atoms with Gasteiger partial charge >= 0.3 is 6.09 Å². The average molecular weight is 433 g/mol. The maximum absolute atomic E-state index is 13.1. The number of aromatic amines is 1. The molecule has 1 aromatic heterocycles. The van der Waals surface area contributed by atoms with Gasteiger partial charge in [-0.2, -0.15) is 0 Å². The van der Waals surface area contributed by atoms with Crippen LogP contribution in [-0.2, 0) is 4.74 Å². The van der Waals surface area contributed by atoms with Gasteiger partial charge in [0.25, 0.3) is 0 Å². The zero-order valence-electron chi connectivity index (χ0n) is 15.9. The molecule has 2 N–H and O–H groups in total. The van der Waals surface area contributed by atoms with Crippen molar-refractivity contribution in [3.05, 3.63) is 74.0 Å². The van der Waals surface area contributed by atoms with Crippen molar-refractivity contribution in [3.63, 3.8) is 0 Å². The summed E-state index contributed by atoms with van der Waals surface area (Å²) in [7, 11) is 0. The highest BCUT2D eigenvalue weighted by Gasteiger charge is 2.20. The van der Waals surface area contributed by atoms with Crippen molar-refractivity contribution in [2.24, 2.45) is 0 Å². The van der Waals surface area contributed by atoms with Crippen LogP contribution in [0.25, 0.3) is 10.9 Å². The van der Waals surface area contributed by atoms with Crippen LogP contribution in [0.5, 0.6) is 0 Å². The fraction of sp³-hybridized carbons (Fsp3) is 0.190. The molecule has 1 heterocycles. The van der Waals surface area contributed by atoms with Crippen LogP contribution in [0.15, 0.2) is 47.3 Å². The minimum absolute atomic E-state index is 0.0410. The topological polar surface area (TPSA) is 88.3 Å². The van der Waals surface area contributed by atoms with Gasteiger partial charge in [0, 0.05) is 16.7 Å². The second kappa shape index (κ2) is 7.89. The van der Waals surface area contributed by atoms with Gasteiger partial charge < -0.3 is 9.72 Å². The summed E-state index contributed by atoms with van der Waals surface area (Å²) in [6.07, 6.45) is -0.691. The number of benzene rings is 2. The molecule has 8 heteroatoms. The van der Waals surface area contributed by atoms with Crippen LogP contribution in [0.2, 0.25) is 10.0 Å². The van der Waals surface area contributed by atoms with Crippen molar-refractivity contribution in [1.29, 1.82) is 0 Å². The molecular weight excluding hydrogens is 415 g/mol. The Balaban J connectivity index is 2.02. The number of ketones is 1. The van der Waals surface area contributed by atoms with Gasteiger partial charge in [-0.3, -0.25) is 14.9 Å². The summed E-state index contributed by atoms with van der Waals surface area (Å²) >= 11 is 12.1. The minimum Gasteiger partial charge on any atom is -0.444 e. The molecule has 1 amide bonds. The second-order valence-corrected chi connectivity index (χ2v) is 8.20. The van der Waals surface area contributed by atoms with Crippen LogP contribution in [0.1, 0.15) is 36.8 Å². The standard InChI is InChI=1S/C21H18Cl2N2O4/c1-21(2,3)29-20(28)25-14-7-5-4-6-12(14)19(27)16-10-17(26)18-13(23)8-11(22)9-15(18)24-16/h4-10H,1-3H3,(H,24,26)(H,25,28). The van der Waals surface area contributed by atoms with E-state index in [4.69, 9.17) is 27.9 Å². The molecule has 29 heavy (non-hydrogen) atoms. The molecule has 3 rings (SSSR count). The lowest BCUT2D eigenvalue weighted by Crippen LogP contribution is -2.27. The zero-order valence-corrected chi connectivity index (χ0v) is 17.4. The number of carbonyl (C=O) groups is 2. The van der Waals surface area contributed by atoms with Crippen LogP contribution >= 0.6 is 23.2 Å². The number of nitrogens with one attached hydrogen (secondary N) is 2. The van der Waals surface area contributed by atoms with E-state index in [9.17, 15) is 14.4 Å². The van der Waals surface area contributed by atoms with Crippen molar-refractivity contribution in [3.8, 4) is 0 Å². The van der Waals surface area contributed by atoms with Gasteiger partial charge in [-0.25, -0.2) is 4.79 Å². The Morgan fingerprint density at radius 3 is 2.45 bits per heavy atom. The highest BCUT2D eigenvalue weighted by atomic mass is 35.5. The predicted molar refractivity (Wildman–Crippen MR) is 114 cm³/mol. The van der Waals surface area contributed by atoms with Crippen molar-refractivity contribution in [1.82, 2.24) is 4.98 Å². The summed E-state index contributed by atoms with van der Waals surface area (Å²) in [6.45, 7) is 5.21. The molecule has 0 aliphatic carbocycles. The molecule has 0 unspecified atom stereocenters. The molecule has 0 aliphatic rings. The Labute approximate surface area is 176 Å². The Morgan fingerprint density at radius 1 is 1.07 bits per heavy atom. The van der Waals surface area contributed by atoms with Gasteiger partial charge in [-0.1, -0.05) is 35.3 Å². The molecule has 0 fully saturated rings. The number of halogens is 2. The zero-order chi connectivity index (χ0) is 21.3. The maximum Gasteiger partial charge on any atom is 0.412 e. The number of pyridine rings is 1. The smallest absolute Gasteiger partial charge is 0.412 e. The van der Waals surface area contributed by atoms with Crippen LogP contribution in [0.4, 0.5) is 10.5 Å². The average Bonchev–Trinajstić information content (AvgIpc) is 2.58. The summed E-state index contributed by atoms with van der Waals surface area (Å²) in [5.74, 6) is -0.480. The Morgan fingerprint density at radius 2 is 1.76 bits per heavy atom. The third-order valence-electron chi connectivity index (χ3n) is 3.90. The van der Waals surface area contributed by atoms with E-state index in [1.807, 2.05) is 0 Å². The Kier molecular flexibility index (Phi) is 5.68. The summed E-state index contributed by atoms with van der Waals surface area (Å²) in [5, 5.41) is 3.34. The molecule has 0 saturated heterocycles. The highest BCUT2D eigenvalue weighted by Crippen LogP contribution is 2.26. The number of fused-ring (bicyclic) bond motifs is 1. The van der Waals surface area contributed by atoms with Crippen LogP contribution in [0, 0.1) is 0 Å². The molecule has 0 radical (unpaired) electrons. The number of para-hydroxylation sites is 1. The second-order valence-electron chi connectivity index (χ2n) is 7.36. The maximum atomic E-state index is 13.1. The summed E-state index contributed by atoms with van der Waals surface area (Å²) in [5.41, 5.74) is -0.264. The molecule has 0 atom stereocenters. The Hall–Kier alpha value is -2.83. The molecule has 2 aromatic carbocycles. The van der Waals surface area contributed by atoms with Gasteiger partial charge in [0.15, 0.2) is 5.43 Å². The number of hydrogen-bond acceptors (Lipinski definition) is 4. The first-order valence-electron chi connectivity index (χ1n) is 8.71. The van der Waals surface area contributed by atoms with Crippen LogP contribution < -0.4 is 10.7 Å². The number of hydrogen-bond donors (Lipinski definition) is 2. The molecular formula is C21H18Cl2N2O4. The van der Waals surface area contributed by atoms with Gasteiger partial charge in [0.2, 0.25) is 5.78 Å². The third-order valence-corrected chi connectivity index (χ3v) is 4.41. The molecule has 150 valence electrons. The van der Waals surface area contributed by atoms with E-state index in [-0.39, 0.29) is 27.4 Å². The predicted octanol–water partition coefficient (Wildman–Crippen LogP) is 5.41. The van der Waals surface area contributed by atoms with Gasteiger partial charge in [-0.15, -0.1) is 0 Å². The highest BCUT2D eigenvalue weighted by molar-refractivity contribution is 6.38. The van der Waals surface area contributed by atoms with E-state index in [1.54, 1.807) is 45.0 Å². The SMILES string of the molecule is CC(C)(C)OC(=O)Nc1ccccc1C(=O)c1cc(=O)c2c(Cl)cc(Cl)cc2[nH]1. The van der Waals surface area contributed by atoms with Gasteiger partial charge in [-0.05, 0) is 45.0 Å². The lowest BCUT2D eigenvalue weighted by molar-refractivity contribution is 0.0636. The largest absolute Gasteiger partial charge is 0.444 e. The fourth-order valence-corrected chi connectivity index (χ4v) is 3.36. The number of anilines is 1. The van der Waals surface area contributed by atoms with E-state index >= 15 is 0 Å². The number of carbonyl (C=O) groups excluding carboxylic acids is 2. The van der Waals surface area contributed by atoms with Crippen molar-refractivity contribution in [2.45, 2.75) is 26.4 Å². The van der Waals surface area contributed by atoms with Crippen molar-refractivity contribution < 1.29 is 14.3 Å². The quantitative estimate of drug-likeness (QED) is 0.541. The minimum atomic E-state index is -0.691. The monoisotopic (exact) mass is 432 g/mol. The molecule has 0 spiro atoms. The molecule has 0 bridgehead atoms. The first-order valence-corrected chi connectivity index (χ1v) is 9.46. The first-order chi connectivity index (χ1) is 13.5. The fourth-order valence-electron chi connectivity index (χ4n) is 2.78. The van der Waals surface area contributed by atoms with Crippen molar-refractivity contribution in [2.75, 3.05) is 5.32 Å². The summed E-state index contributed by atoms with van der Waals surface area (Å²) in [4.78, 5) is 40.6. The number of ether oxygens (including phenoxy) is 1. The number of rotatable bonds is 3. The summed E-state index contributed by atoms with van der Waals surface area (Å²) in [6, 6.07) is 10.6. The van der Waals surface area contributed by atoms with E-state index in [2.05, 4.69) is 10.3 Å². The normalized spacial score (nSPS) is 11.3. The molecule has 6 nitrogen and oxygen atoms in total. The Bertz CT molecular complexity index is 1180. The lowest BCUT2D eigenvalue weighted by Gasteiger charge is -2.20. The molecule has 0 saturated carbocycles. The first kappa shape index (κ1) is 20.9. The van der Waals surface area contributed by atoms with Crippen LogP contribution in [0.3, 0.4) is 0 Å². The van der Waals surface area contributed by atoms with Gasteiger partial charge in [0.05, 0.1) is 27.3 Å². The van der Waals surface area contributed by atoms with E-state index < -0.39 is 22.9 Å². The lowest BCUT2D eigenvalue weighted by atomic mass is 10.0. The van der Waals surface area contributed by atoms with E-state index in [1.165, 1.54) is 18.2 Å². The van der Waals surface area contributed by atoms with Gasteiger partial charge in [0.1, 0.15) is 5.60 Å².